The van der Waals surface area contributed by atoms with E-state index in [2.05, 4.69) is 5.32 Å². The Bertz CT molecular complexity index is 907. The van der Waals surface area contributed by atoms with Crippen LogP contribution >= 0.6 is 0 Å². The molecule has 29 heavy (non-hydrogen) atoms. The Morgan fingerprint density at radius 1 is 1.21 bits per heavy atom. The lowest BCUT2D eigenvalue weighted by Crippen LogP contribution is -2.47. The molecule has 0 spiro atoms. The van der Waals surface area contributed by atoms with E-state index in [0.717, 1.165) is 11.6 Å². The molecular weight excluding hydrogens is 375 g/mol. The molecule has 1 aliphatic heterocycles. The fourth-order valence-corrected chi connectivity index (χ4v) is 3.30. The summed E-state index contributed by atoms with van der Waals surface area (Å²) < 4.78 is 19.1. The van der Waals surface area contributed by atoms with Gasteiger partial charge in [-0.15, -0.1) is 0 Å². The first kappa shape index (κ1) is 20.5. The van der Waals surface area contributed by atoms with E-state index in [0.29, 0.717) is 37.8 Å². The van der Waals surface area contributed by atoms with Gasteiger partial charge >= 0.3 is 0 Å². The molecule has 0 bridgehead atoms. The molecule has 7 heteroatoms. The van der Waals surface area contributed by atoms with Gasteiger partial charge < -0.3 is 15.0 Å². The van der Waals surface area contributed by atoms with Crippen molar-refractivity contribution < 1.29 is 23.5 Å². The maximum Gasteiger partial charge on any atom is 0.260 e. The lowest BCUT2D eigenvalue weighted by atomic mass is 10.0. The van der Waals surface area contributed by atoms with E-state index in [1.807, 2.05) is 25.1 Å². The molecule has 1 saturated heterocycles. The number of amides is 2. The summed E-state index contributed by atoms with van der Waals surface area (Å²) in [5, 5.41) is 3.03. The van der Waals surface area contributed by atoms with E-state index in [1.165, 1.54) is 12.1 Å². The SMILES string of the molecule is Cc1ccccc1C(=O)NC1CCN(C(=O)COc2ccc(C=O)cc2F)CC1. The molecule has 2 aromatic rings. The largest absolute Gasteiger partial charge is 0.481 e. The summed E-state index contributed by atoms with van der Waals surface area (Å²) in [4.78, 5) is 37.0. The number of halogens is 1. The highest BCUT2D eigenvalue weighted by Crippen LogP contribution is 2.18. The molecule has 3 rings (SSSR count). The van der Waals surface area contributed by atoms with Gasteiger partial charge in [0.2, 0.25) is 0 Å². The average Bonchev–Trinajstić information content (AvgIpc) is 2.73. The summed E-state index contributed by atoms with van der Waals surface area (Å²) in [5.74, 6) is -1.10. The Kier molecular flexibility index (Phi) is 6.59. The van der Waals surface area contributed by atoms with Crippen LogP contribution in [0.15, 0.2) is 42.5 Å². The number of hydrogen-bond donors (Lipinski definition) is 1. The van der Waals surface area contributed by atoms with Crippen LogP contribution in [0.25, 0.3) is 0 Å². The minimum Gasteiger partial charge on any atom is -0.481 e. The van der Waals surface area contributed by atoms with Gasteiger partial charge in [-0.05, 0) is 49.6 Å². The van der Waals surface area contributed by atoms with Crippen LogP contribution in [0.5, 0.6) is 5.75 Å². The molecular formula is C22H23FN2O4. The van der Waals surface area contributed by atoms with Crippen molar-refractivity contribution in [2.75, 3.05) is 19.7 Å². The van der Waals surface area contributed by atoms with Gasteiger partial charge in [-0.2, -0.15) is 0 Å². The Balaban J connectivity index is 1.46. The Morgan fingerprint density at radius 2 is 1.93 bits per heavy atom. The number of hydrogen-bond acceptors (Lipinski definition) is 4. The van der Waals surface area contributed by atoms with E-state index in [9.17, 15) is 18.8 Å². The molecule has 1 N–H and O–H groups in total. The first-order chi connectivity index (χ1) is 14.0. The van der Waals surface area contributed by atoms with Gasteiger partial charge in [-0.25, -0.2) is 4.39 Å². The normalized spacial score (nSPS) is 14.3. The molecule has 6 nitrogen and oxygen atoms in total. The van der Waals surface area contributed by atoms with Crippen LogP contribution in [0.1, 0.15) is 39.1 Å². The second-order valence-electron chi connectivity index (χ2n) is 7.04. The smallest absolute Gasteiger partial charge is 0.260 e. The zero-order valence-corrected chi connectivity index (χ0v) is 16.2. The highest BCUT2D eigenvalue weighted by molar-refractivity contribution is 5.95. The number of rotatable bonds is 6. The van der Waals surface area contributed by atoms with E-state index in [-0.39, 0.29) is 35.8 Å². The zero-order chi connectivity index (χ0) is 20.8. The topological polar surface area (TPSA) is 75.7 Å². The van der Waals surface area contributed by atoms with E-state index < -0.39 is 5.82 Å². The number of aryl methyl sites for hydroxylation is 1. The molecule has 0 atom stereocenters. The van der Waals surface area contributed by atoms with Crippen molar-refractivity contribution in [3.05, 3.63) is 65.0 Å². The molecule has 2 amide bonds. The van der Waals surface area contributed by atoms with Gasteiger partial charge in [-0.1, -0.05) is 18.2 Å². The number of nitrogens with zero attached hydrogens (tertiary/aromatic N) is 1. The van der Waals surface area contributed by atoms with Crippen molar-refractivity contribution in [3.8, 4) is 5.75 Å². The number of nitrogens with one attached hydrogen (secondary N) is 1. The number of benzene rings is 2. The standard InChI is InChI=1S/C22H23FN2O4/c1-15-4-2-3-5-18(15)22(28)24-17-8-10-25(11-9-17)21(27)14-29-20-7-6-16(13-26)12-19(20)23/h2-7,12-13,17H,8-11,14H2,1H3,(H,24,28). The number of likely N-dealkylation sites (tertiary alicyclic amines) is 1. The van der Waals surface area contributed by atoms with Crippen molar-refractivity contribution in [2.45, 2.75) is 25.8 Å². The van der Waals surface area contributed by atoms with Crippen molar-refractivity contribution in [2.24, 2.45) is 0 Å². The van der Waals surface area contributed by atoms with Gasteiger partial charge in [0, 0.05) is 30.3 Å². The van der Waals surface area contributed by atoms with E-state index in [4.69, 9.17) is 4.74 Å². The minimum atomic E-state index is -0.681. The first-order valence-electron chi connectivity index (χ1n) is 9.49. The number of carbonyl (C=O) groups is 3. The highest BCUT2D eigenvalue weighted by atomic mass is 19.1. The predicted octanol–water partition coefficient (Wildman–Crippen LogP) is 2.75. The molecule has 0 saturated carbocycles. The molecule has 1 fully saturated rings. The lowest BCUT2D eigenvalue weighted by molar-refractivity contribution is -0.134. The summed E-state index contributed by atoms with van der Waals surface area (Å²) >= 11 is 0. The summed E-state index contributed by atoms with van der Waals surface area (Å²) in [7, 11) is 0. The molecule has 0 unspecified atom stereocenters. The lowest BCUT2D eigenvalue weighted by Gasteiger charge is -2.32. The number of aldehydes is 1. The van der Waals surface area contributed by atoms with Gasteiger partial charge in [0.05, 0.1) is 0 Å². The third-order valence-electron chi connectivity index (χ3n) is 5.02. The summed E-state index contributed by atoms with van der Waals surface area (Å²) in [6.07, 6.45) is 1.83. The summed E-state index contributed by atoms with van der Waals surface area (Å²) in [6.45, 7) is 2.60. The van der Waals surface area contributed by atoms with Gasteiger partial charge in [0.15, 0.2) is 18.2 Å². The Labute approximate surface area is 168 Å². The molecule has 152 valence electrons. The maximum atomic E-state index is 13.8. The van der Waals surface area contributed by atoms with Crippen LogP contribution in [0.2, 0.25) is 0 Å². The van der Waals surface area contributed by atoms with Crippen LogP contribution < -0.4 is 10.1 Å². The summed E-state index contributed by atoms with van der Waals surface area (Å²) in [6, 6.07) is 11.2. The van der Waals surface area contributed by atoms with Crippen LogP contribution in [0.4, 0.5) is 4.39 Å². The molecule has 0 aromatic heterocycles. The maximum absolute atomic E-state index is 13.8. The van der Waals surface area contributed by atoms with Crippen molar-refractivity contribution >= 4 is 18.1 Å². The average molecular weight is 398 g/mol. The molecule has 0 radical (unpaired) electrons. The fraction of sp³-hybridized carbons (Fsp3) is 0.318. The number of piperidine rings is 1. The number of carbonyl (C=O) groups excluding carboxylic acids is 3. The van der Waals surface area contributed by atoms with Crippen LogP contribution in [0.3, 0.4) is 0 Å². The van der Waals surface area contributed by atoms with Crippen molar-refractivity contribution in [3.63, 3.8) is 0 Å². The molecule has 0 aliphatic carbocycles. The Hall–Kier alpha value is -3.22. The molecule has 2 aromatic carbocycles. The predicted molar refractivity (Wildman–Crippen MR) is 106 cm³/mol. The molecule has 1 aliphatic rings. The third kappa shape index (κ3) is 5.19. The third-order valence-corrected chi connectivity index (χ3v) is 5.02. The molecule has 1 heterocycles. The minimum absolute atomic E-state index is 0.000375. The second-order valence-corrected chi connectivity index (χ2v) is 7.04. The highest BCUT2D eigenvalue weighted by Gasteiger charge is 2.25. The van der Waals surface area contributed by atoms with Crippen LogP contribution in [-0.2, 0) is 4.79 Å². The zero-order valence-electron chi connectivity index (χ0n) is 16.2. The fourth-order valence-electron chi connectivity index (χ4n) is 3.30. The first-order valence-corrected chi connectivity index (χ1v) is 9.49. The van der Waals surface area contributed by atoms with Crippen LogP contribution in [-0.4, -0.2) is 48.7 Å². The van der Waals surface area contributed by atoms with E-state index >= 15 is 0 Å². The quantitative estimate of drug-likeness (QED) is 0.760. The van der Waals surface area contributed by atoms with Gasteiger partial charge in [0.25, 0.3) is 11.8 Å². The van der Waals surface area contributed by atoms with Gasteiger partial charge in [0.1, 0.15) is 6.29 Å². The van der Waals surface area contributed by atoms with Crippen molar-refractivity contribution in [1.82, 2.24) is 10.2 Å². The number of ether oxygens (including phenoxy) is 1. The monoisotopic (exact) mass is 398 g/mol. The van der Waals surface area contributed by atoms with Gasteiger partial charge in [-0.3, -0.25) is 14.4 Å². The van der Waals surface area contributed by atoms with Crippen molar-refractivity contribution in [1.29, 1.82) is 0 Å². The van der Waals surface area contributed by atoms with E-state index in [1.54, 1.807) is 11.0 Å². The summed E-state index contributed by atoms with van der Waals surface area (Å²) in [5.41, 5.74) is 1.78. The second kappa shape index (κ2) is 9.32. The van der Waals surface area contributed by atoms with Crippen LogP contribution in [0, 0.1) is 12.7 Å². The Morgan fingerprint density at radius 3 is 2.59 bits per heavy atom.